The van der Waals surface area contributed by atoms with Gasteiger partial charge in [0.25, 0.3) is 0 Å². The van der Waals surface area contributed by atoms with Gasteiger partial charge in [-0.15, -0.1) is 0 Å². The lowest BCUT2D eigenvalue weighted by Crippen LogP contribution is -2.15. The number of carboxylic acid groups (broad SMARTS) is 1. The molecule has 0 aliphatic carbocycles. The van der Waals surface area contributed by atoms with Gasteiger partial charge < -0.3 is 14.6 Å². The summed E-state index contributed by atoms with van der Waals surface area (Å²) in [5.74, 6) is -1.16. The first-order valence-corrected chi connectivity index (χ1v) is 15.8. The van der Waals surface area contributed by atoms with Gasteiger partial charge in [0.1, 0.15) is 5.75 Å². The third-order valence-corrected chi connectivity index (χ3v) is 7.60. The van der Waals surface area contributed by atoms with Crippen molar-refractivity contribution in [2.75, 3.05) is 0 Å². The van der Waals surface area contributed by atoms with Crippen LogP contribution in [0.3, 0.4) is 0 Å². The van der Waals surface area contributed by atoms with Gasteiger partial charge in [0.05, 0.1) is 17.2 Å². The van der Waals surface area contributed by atoms with Crippen LogP contribution in [0.4, 0.5) is 0 Å². The Morgan fingerprint density at radius 1 is 0.674 bits per heavy atom. The van der Waals surface area contributed by atoms with Crippen LogP contribution < -0.4 is 4.74 Å². The normalized spacial score (nSPS) is 11.6. The Balaban J connectivity index is 1.78. The van der Waals surface area contributed by atoms with E-state index in [4.69, 9.17) is 9.47 Å². The molecule has 43 heavy (non-hydrogen) atoms. The topological polar surface area (TPSA) is 89.9 Å². The Kier molecular flexibility index (Phi) is 14.0. The van der Waals surface area contributed by atoms with Crippen LogP contribution in [0.15, 0.2) is 66.7 Å². The zero-order chi connectivity index (χ0) is 31.0. The van der Waals surface area contributed by atoms with Crippen LogP contribution in [0.1, 0.15) is 119 Å². The lowest BCUT2D eigenvalue weighted by Gasteiger charge is -2.15. The molecule has 1 unspecified atom stereocenters. The van der Waals surface area contributed by atoms with Crippen LogP contribution in [0.2, 0.25) is 0 Å². The van der Waals surface area contributed by atoms with E-state index in [1.165, 1.54) is 32.1 Å². The van der Waals surface area contributed by atoms with E-state index in [9.17, 15) is 19.5 Å². The highest BCUT2D eigenvalue weighted by atomic mass is 16.5. The quantitative estimate of drug-likeness (QED) is 0.0906. The summed E-state index contributed by atoms with van der Waals surface area (Å²) in [4.78, 5) is 36.7. The summed E-state index contributed by atoms with van der Waals surface area (Å²) in [5.41, 5.74) is 3.98. The molecule has 0 aromatic heterocycles. The second kappa shape index (κ2) is 17.9. The van der Waals surface area contributed by atoms with Crippen molar-refractivity contribution in [2.45, 2.75) is 104 Å². The molecule has 0 heterocycles. The Hall–Kier alpha value is -3.93. The van der Waals surface area contributed by atoms with Crippen molar-refractivity contribution < 1.29 is 29.0 Å². The highest BCUT2D eigenvalue weighted by Gasteiger charge is 2.16. The molecule has 230 valence electrons. The van der Waals surface area contributed by atoms with Gasteiger partial charge in [0, 0.05) is 6.42 Å². The molecule has 0 spiro atoms. The average molecular weight is 587 g/mol. The maximum absolute atomic E-state index is 12.8. The third-order valence-electron chi connectivity index (χ3n) is 7.60. The first-order chi connectivity index (χ1) is 20.8. The summed E-state index contributed by atoms with van der Waals surface area (Å²) in [6, 6.07) is 19.3. The number of ether oxygens (including phenoxy) is 2. The Morgan fingerprint density at radius 3 is 1.86 bits per heavy atom. The number of carbonyl (C=O) groups is 3. The van der Waals surface area contributed by atoms with Gasteiger partial charge in [-0.3, -0.25) is 4.79 Å². The molecule has 6 heteroatoms. The zero-order valence-electron chi connectivity index (χ0n) is 25.9. The molecule has 0 saturated carbocycles. The molecule has 1 atom stereocenters. The molecule has 0 radical (unpaired) electrons. The fraction of sp³-hybridized carbons (Fsp3) is 0.432. The summed E-state index contributed by atoms with van der Waals surface area (Å²) in [5, 5.41) is 9.32. The molecule has 0 fully saturated rings. The maximum Gasteiger partial charge on any atom is 0.338 e. The molecule has 0 amide bonds. The van der Waals surface area contributed by atoms with Crippen molar-refractivity contribution in [3.8, 4) is 28.0 Å². The summed E-state index contributed by atoms with van der Waals surface area (Å²) in [6.07, 6.45) is 12.1. The molecule has 3 aromatic carbocycles. The molecule has 3 rings (SSSR count). The second-order valence-corrected chi connectivity index (χ2v) is 11.2. The van der Waals surface area contributed by atoms with Gasteiger partial charge in [-0.1, -0.05) is 95.5 Å². The third kappa shape index (κ3) is 11.0. The molecule has 3 aromatic rings. The molecule has 0 bridgehead atoms. The van der Waals surface area contributed by atoms with E-state index in [1.54, 1.807) is 42.5 Å². The number of aromatic carboxylic acids is 1. The van der Waals surface area contributed by atoms with Crippen LogP contribution in [0, 0.1) is 0 Å². The van der Waals surface area contributed by atoms with Crippen molar-refractivity contribution in [1.29, 1.82) is 0 Å². The molecular weight excluding hydrogens is 540 g/mol. The van der Waals surface area contributed by atoms with Crippen molar-refractivity contribution in [3.05, 3.63) is 77.9 Å². The van der Waals surface area contributed by atoms with Crippen LogP contribution in [-0.2, 0) is 9.53 Å². The number of carbonyl (C=O) groups excluding carboxylic acids is 2. The first-order valence-electron chi connectivity index (χ1n) is 15.8. The standard InChI is InChI=1S/C37H46O6/c1-4-6-8-10-11-13-15-35(38)43-32-24-25-33(28-16-20-30(21-17-28)36(39)40)34(26-32)29-18-22-31(23-19-29)37(41)42-27(3)14-12-9-7-5-2/h16-27H,4-15H2,1-3H3,(H,39,40). The number of esters is 2. The summed E-state index contributed by atoms with van der Waals surface area (Å²) >= 11 is 0. The monoisotopic (exact) mass is 586 g/mol. The van der Waals surface area contributed by atoms with E-state index in [2.05, 4.69) is 13.8 Å². The number of benzene rings is 3. The minimum absolute atomic E-state index is 0.146. The average Bonchev–Trinajstić information content (AvgIpc) is 3.01. The van der Waals surface area contributed by atoms with Crippen LogP contribution >= 0.6 is 0 Å². The summed E-state index contributed by atoms with van der Waals surface area (Å²) in [7, 11) is 0. The maximum atomic E-state index is 12.8. The van der Waals surface area contributed by atoms with Crippen molar-refractivity contribution >= 4 is 17.9 Å². The van der Waals surface area contributed by atoms with E-state index in [0.717, 1.165) is 60.8 Å². The van der Waals surface area contributed by atoms with Crippen LogP contribution in [0.25, 0.3) is 22.3 Å². The van der Waals surface area contributed by atoms with Crippen molar-refractivity contribution in [2.24, 2.45) is 0 Å². The lowest BCUT2D eigenvalue weighted by molar-refractivity contribution is -0.134. The number of carboxylic acids is 1. The van der Waals surface area contributed by atoms with E-state index in [-0.39, 0.29) is 23.6 Å². The van der Waals surface area contributed by atoms with E-state index in [0.29, 0.717) is 17.7 Å². The predicted molar refractivity (Wildman–Crippen MR) is 172 cm³/mol. The highest BCUT2D eigenvalue weighted by Crippen LogP contribution is 2.36. The van der Waals surface area contributed by atoms with Gasteiger partial charge in [-0.25, -0.2) is 9.59 Å². The Bertz CT molecular complexity index is 1310. The van der Waals surface area contributed by atoms with E-state index >= 15 is 0 Å². The van der Waals surface area contributed by atoms with E-state index < -0.39 is 5.97 Å². The number of rotatable bonds is 18. The van der Waals surface area contributed by atoms with Gasteiger partial charge >= 0.3 is 17.9 Å². The van der Waals surface area contributed by atoms with Gasteiger partial charge in [0.15, 0.2) is 0 Å². The van der Waals surface area contributed by atoms with Gasteiger partial charge in [-0.2, -0.15) is 0 Å². The van der Waals surface area contributed by atoms with Crippen molar-refractivity contribution in [3.63, 3.8) is 0 Å². The molecule has 0 aliphatic rings. The van der Waals surface area contributed by atoms with Gasteiger partial charge in [-0.05, 0) is 84.8 Å². The Morgan fingerprint density at radius 2 is 1.23 bits per heavy atom. The lowest BCUT2D eigenvalue weighted by atomic mass is 9.93. The van der Waals surface area contributed by atoms with Crippen molar-refractivity contribution in [1.82, 2.24) is 0 Å². The number of hydrogen-bond donors (Lipinski definition) is 1. The predicted octanol–water partition coefficient (Wildman–Crippen LogP) is 9.89. The molecular formula is C37H46O6. The SMILES string of the molecule is CCCCCCCCC(=O)Oc1ccc(-c2ccc(C(=O)O)cc2)c(-c2ccc(C(=O)OC(C)CCCCCC)cc2)c1. The highest BCUT2D eigenvalue weighted by molar-refractivity contribution is 5.92. The van der Waals surface area contributed by atoms with Crippen LogP contribution in [0.5, 0.6) is 5.75 Å². The second-order valence-electron chi connectivity index (χ2n) is 11.2. The van der Waals surface area contributed by atoms with Gasteiger partial charge in [0.2, 0.25) is 0 Å². The smallest absolute Gasteiger partial charge is 0.338 e. The number of hydrogen-bond acceptors (Lipinski definition) is 5. The molecule has 0 saturated heterocycles. The minimum atomic E-state index is -0.989. The molecule has 0 aliphatic heterocycles. The fourth-order valence-electron chi connectivity index (χ4n) is 5.06. The minimum Gasteiger partial charge on any atom is -0.478 e. The van der Waals surface area contributed by atoms with Crippen LogP contribution in [-0.4, -0.2) is 29.1 Å². The first kappa shape index (κ1) is 33.6. The fourth-order valence-corrected chi connectivity index (χ4v) is 5.06. The van der Waals surface area contributed by atoms with E-state index in [1.807, 2.05) is 31.2 Å². The largest absolute Gasteiger partial charge is 0.478 e. The number of unbranched alkanes of at least 4 members (excludes halogenated alkanes) is 8. The molecule has 6 nitrogen and oxygen atoms in total. The summed E-state index contributed by atoms with van der Waals surface area (Å²) < 4.78 is 11.4. The zero-order valence-corrected chi connectivity index (χ0v) is 25.9. The Labute approximate surface area is 256 Å². The molecule has 1 N–H and O–H groups in total. The summed E-state index contributed by atoms with van der Waals surface area (Å²) in [6.45, 7) is 6.28.